The van der Waals surface area contributed by atoms with Crippen molar-refractivity contribution in [1.29, 1.82) is 0 Å². The second-order valence-electron chi connectivity index (χ2n) is 4.74. The van der Waals surface area contributed by atoms with Gasteiger partial charge in [-0.2, -0.15) is 0 Å². The van der Waals surface area contributed by atoms with Crippen LogP contribution in [0.15, 0.2) is 24.3 Å². The first-order valence-corrected chi connectivity index (χ1v) is 6.17. The summed E-state index contributed by atoms with van der Waals surface area (Å²) in [6, 6.07) is 6.68. The van der Waals surface area contributed by atoms with E-state index in [9.17, 15) is 9.50 Å². The average molecular weight is 222 g/mol. The van der Waals surface area contributed by atoms with Gasteiger partial charge >= 0.3 is 0 Å². The first kappa shape index (κ1) is 11.6. The van der Waals surface area contributed by atoms with Crippen molar-refractivity contribution in [1.82, 2.24) is 0 Å². The molecule has 0 spiro atoms. The van der Waals surface area contributed by atoms with E-state index in [4.69, 9.17) is 0 Å². The quantitative estimate of drug-likeness (QED) is 0.830. The third kappa shape index (κ3) is 2.62. The lowest BCUT2D eigenvalue weighted by molar-refractivity contribution is 0.196. The number of aliphatic hydroxyl groups is 1. The molecule has 1 unspecified atom stereocenters. The van der Waals surface area contributed by atoms with Gasteiger partial charge in [-0.05, 0) is 36.5 Å². The summed E-state index contributed by atoms with van der Waals surface area (Å²) in [7, 11) is 0. The predicted octanol–water partition coefficient (Wildman–Crippen LogP) is 3.48. The smallest absolute Gasteiger partial charge is 0.123 e. The third-order valence-corrected chi connectivity index (χ3v) is 3.69. The topological polar surface area (TPSA) is 20.2 Å². The van der Waals surface area contributed by atoms with Gasteiger partial charge in [-0.15, -0.1) is 0 Å². The Morgan fingerprint density at radius 1 is 1.25 bits per heavy atom. The fourth-order valence-electron chi connectivity index (χ4n) is 2.80. The van der Waals surface area contributed by atoms with Gasteiger partial charge in [0.15, 0.2) is 0 Å². The molecule has 1 aliphatic carbocycles. The molecular weight excluding hydrogens is 203 g/mol. The summed E-state index contributed by atoms with van der Waals surface area (Å²) in [5, 5.41) is 9.50. The monoisotopic (exact) mass is 222 g/mol. The van der Waals surface area contributed by atoms with Gasteiger partial charge in [-0.25, -0.2) is 4.39 Å². The first-order chi connectivity index (χ1) is 7.81. The van der Waals surface area contributed by atoms with Crippen molar-refractivity contribution >= 4 is 0 Å². The summed E-state index contributed by atoms with van der Waals surface area (Å²) in [5.41, 5.74) is 0.953. The summed E-state index contributed by atoms with van der Waals surface area (Å²) in [6.45, 7) is 0.133. The molecule has 1 fully saturated rings. The van der Waals surface area contributed by atoms with Crippen LogP contribution < -0.4 is 0 Å². The molecule has 0 radical (unpaired) electrons. The van der Waals surface area contributed by atoms with E-state index >= 15 is 0 Å². The fourth-order valence-corrected chi connectivity index (χ4v) is 2.80. The lowest BCUT2D eigenvalue weighted by atomic mass is 9.77. The number of hydrogen-bond donors (Lipinski definition) is 1. The molecule has 0 saturated heterocycles. The van der Waals surface area contributed by atoms with Gasteiger partial charge in [0, 0.05) is 5.92 Å². The minimum Gasteiger partial charge on any atom is -0.396 e. The molecule has 2 rings (SSSR count). The Hall–Kier alpha value is -0.890. The summed E-state index contributed by atoms with van der Waals surface area (Å²) >= 11 is 0. The molecule has 1 aliphatic rings. The van der Waals surface area contributed by atoms with Gasteiger partial charge in [-0.1, -0.05) is 31.4 Å². The van der Waals surface area contributed by atoms with Gasteiger partial charge < -0.3 is 5.11 Å². The van der Waals surface area contributed by atoms with Crippen LogP contribution >= 0.6 is 0 Å². The summed E-state index contributed by atoms with van der Waals surface area (Å²) in [6.07, 6.45) is 6.13. The highest BCUT2D eigenvalue weighted by Gasteiger charge is 2.24. The van der Waals surface area contributed by atoms with Crippen molar-refractivity contribution in [3.63, 3.8) is 0 Å². The summed E-state index contributed by atoms with van der Waals surface area (Å²) < 4.78 is 13.1. The van der Waals surface area contributed by atoms with Gasteiger partial charge in [0.25, 0.3) is 0 Å². The molecule has 1 aromatic carbocycles. The van der Waals surface area contributed by atoms with E-state index in [1.165, 1.54) is 38.2 Å². The number of benzene rings is 1. The molecule has 1 nitrogen and oxygen atoms in total. The van der Waals surface area contributed by atoms with Crippen LogP contribution in [-0.2, 0) is 0 Å². The number of halogens is 1. The highest BCUT2D eigenvalue weighted by molar-refractivity contribution is 5.21. The van der Waals surface area contributed by atoms with E-state index in [1.807, 2.05) is 6.07 Å². The molecule has 1 N–H and O–H groups in total. The fraction of sp³-hybridized carbons (Fsp3) is 0.571. The third-order valence-electron chi connectivity index (χ3n) is 3.69. The maximum absolute atomic E-state index is 13.1. The first-order valence-electron chi connectivity index (χ1n) is 6.17. The van der Waals surface area contributed by atoms with Crippen LogP contribution in [0.2, 0.25) is 0 Å². The number of rotatable bonds is 3. The van der Waals surface area contributed by atoms with E-state index in [0.29, 0.717) is 5.92 Å². The van der Waals surface area contributed by atoms with Gasteiger partial charge in [-0.3, -0.25) is 0 Å². The Balaban J connectivity index is 2.14. The van der Waals surface area contributed by atoms with Crippen LogP contribution in [-0.4, -0.2) is 11.7 Å². The maximum Gasteiger partial charge on any atom is 0.123 e. The van der Waals surface area contributed by atoms with Crippen molar-refractivity contribution in [3.8, 4) is 0 Å². The van der Waals surface area contributed by atoms with Crippen molar-refractivity contribution in [3.05, 3.63) is 35.6 Å². The SMILES string of the molecule is OCC(c1cccc(F)c1)C1CCCCC1. The maximum atomic E-state index is 13.1. The Morgan fingerprint density at radius 3 is 2.62 bits per heavy atom. The molecule has 1 saturated carbocycles. The van der Waals surface area contributed by atoms with Crippen molar-refractivity contribution < 1.29 is 9.50 Å². The van der Waals surface area contributed by atoms with E-state index < -0.39 is 0 Å². The standard InChI is InChI=1S/C14H19FO/c15-13-8-4-7-12(9-13)14(10-16)11-5-2-1-3-6-11/h4,7-9,11,14,16H,1-3,5-6,10H2. The minimum atomic E-state index is -0.202. The Labute approximate surface area is 96.3 Å². The Kier molecular flexibility index (Phi) is 3.94. The molecule has 16 heavy (non-hydrogen) atoms. The lowest BCUT2D eigenvalue weighted by Crippen LogP contribution is -2.19. The lowest BCUT2D eigenvalue weighted by Gasteiger charge is -2.29. The second-order valence-corrected chi connectivity index (χ2v) is 4.74. The molecule has 0 aromatic heterocycles. The molecular formula is C14H19FO. The van der Waals surface area contributed by atoms with Crippen molar-refractivity contribution in [2.24, 2.45) is 5.92 Å². The molecule has 0 heterocycles. The number of hydrogen-bond acceptors (Lipinski definition) is 1. The second kappa shape index (κ2) is 5.44. The molecule has 1 atom stereocenters. The van der Waals surface area contributed by atoms with Gasteiger partial charge in [0.1, 0.15) is 5.82 Å². The van der Waals surface area contributed by atoms with Crippen molar-refractivity contribution in [2.75, 3.05) is 6.61 Å². The largest absolute Gasteiger partial charge is 0.396 e. The highest BCUT2D eigenvalue weighted by atomic mass is 19.1. The molecule has 0 amide bonds. The average Bonchev–Trinajstić information content (AvgIpc) is 2.31. The Morgan fingerprint density at radius 2 is 2.00 bits per heavy atom. The highest BCUT2D eigenvalue weighted by Crippen LogP contribution is 2.35. The zero-order valence-electron chi connectivity index (χ0n) is 9.53. The molecule has 0 bridgehead atoms. The van der Waals surface area contributed by atoms with E-state index in [1.54, 1.807) is 12.1 Å². The molecule has 88 valence electrons. The van der Waals surface area contributed by atoms with E-state index in [2.05, 4.69) is 0 Å². The van der Waals surface area contributed by atoms with Crippen LogP contribution in [0, 0.1) is 11.7 Å². The van der Waals surface area contributed by atoms with Crippen LogP contribution in [0.3, 0.4) is 0 Å². The predicted molar refractivity (Wildman–Crippen MR) is 62.8 cm³/mol. The molecule has 2 heteroatoms. The normalized spacial score (nSPS) is 19.6. The van der Waals surface area contributed by atoms with Crippen LogP contribution in [0.5, 0.6) is 0 Å². The van der Waals surface area contributed by atoms with Gasteiger partial charge in [0.05, 0.1) is 6.61 Å². The summed E-state index contributed by atoms with van der Waals surface area (Å²) in [5.74, 6) is 0.448. The van der Waals surface area contributed by atoms with Crippen LogP contribution in [0.4, 0.5) is 4.39 Å². The van der Waals surface area contributed by atoms with Gasteiger partial charge in [0.2, 0.25) is 0 Å². The zero-order chi connectivity index (χ0) is 11.4. The Bertz CT molecular complexity index is 331. The van der Waals surface area contributed by atoms with E-state index in [-0.39, 0.29) is 18.3 Å². The van der Waals surface area contributed by atoms with Crippen LogP contribution in [0.1, 0.15) is 43.6 Å². The minimum absolute atomic E-state index is 0.121. The zero-order valence-corrected chi connectivity index (χ0v) is 9.53. The van der Waals surface area contributed by atoms with Crippen molar-refractivity contribution in [2.45, 2.75) is 38.0 Å². The van der Waals surface area contributed by atoms with Crippen LogP contribution in [0.25, 0.3) is 0 Å². The van der Waals surface area contributed by atoms with E-state index in [0.717, 1.165) is 5.56 Å². The number of aliphatic hydroxyl groups excluding tert-OH is 1. The molecule has 1 aromatic rings. The molecule has 0 aliphatic heterocycles. The summed E-state index contributed by atoms with van der Waals surface area (Å²) in [4.78, 5) is 0.